The number of benzene rings is 2. The summed E-state index contributed by atoms with van der Waals surface area (Å²) in [6.45, 7) is 2.18. The maximum absolute atomic E-state index is 12.4. The highest BCUT2D eigenvalue weighted by Gasteiger charge is 2.14. The maximum atomic E-state index is 12.4. The quantitative estimate of drug-likeness (QED) is 0.669. The van der Waals surface area contributed by atoms with E-state index in [1.807, 2.05) is 18.2 Å². The van der Waals surface area contributed by atoms with Gasteiger partial charge < -0.3 is 10.4 Å². The van der Waals surface area contributed by atoms with Crippen LogP contribution in [-0.4, -0.2) is 16.0 Å². The number of halogens is 1. The Labute approximate surface area is 160 Å². The molecular weight excluding hydrogens is 368 g/mol. The van der Waals surface area contributed by atoms with Crippen molar-refractivity contribution >= 4 is 28.8 Å². The van der Waals surface area contributed by atoms with E-state index in [9.17, 15) is 9.90 Å². The molecule has 4 nitrogen and oxygen atoms in total. The molecule has 1 heterocycles. The van der Waals surface area contributed by atoms with Gasteiger partial charge in [0.2, 0.25) is 0 Å². The van der Waals surface area contributed by atoms with Crippen LogP contribution in [0.1, 0.15) is 31.5 Å². The summed E-state index contributed by atoms with van der Waals surface area (Å²) >= 11 is 7.21. The number of phenols is 1. The summed E-state index contributed by atoms with van der Waals surface area (Å²) < 4.78 is 0. The van der Waals surface area contributed by atoms with Crippen molar-refractivity contribution in [3.63, 3.8) is 0 Å². The predicted octanol–water partition coefficient (Wildman–Crippen LogP) is 4.14. The third kappa shape index (κ3) is 4.63. The molecule has 0 atom stereocenters. The van der Waals surface area contributed by atoms with Gasteiger partial charge in [-0.1, -0.05) is 29.7 Å². The van der Waals surface area contributed by atoms with E-state index in [1.54, 1.807) is 37.3 Å². The number of thiazole rings is 1. The van der Waals surface area contributed by atoms with Crippen molar-refractivity contribution in [3.05, 3.63) is 80.3 Å². The van der Waals surface area contributed by atoms with Crippen molar-refractivity contribution in [1.29, 1.82) is 0 Å². The van der Waals surface area contributed by atoms with Gasteiger partial charge in [0, 0.05) is 17.1 Å². The van der Waals surface area contributed by atoms with Gasteiger partial charge >= 0.3 is 0 Å². The second-order valence-electron chi connectivity index (χ2n) is 5.54. The standard InChI is InChI=1S/C20H15ClN2O2S/c1-13-19(20(25)22-12-15-3-2-4-16(21)11-15)26-18(23-13)10-7-14-5-8-17(24)9-6-14/h2-6,8-9,11,24H,12H2,1H3,(H,22,25). The number of rotatable bonds is 3. The van der Waals surface area contributed by atoms with Crippen LogP contribution in [-0.2, 0) is 6.54 Å². The average Bonchev–Trinajstić information content (AvgIpc) is 3.00. The van der Waals surface area contributed by atoms with Crippen molar-refractivity contribution in [2.75, 3.05) is 0 Å². The van der Waals surface area contributed by atoms with Gasteiger partial charge in [-0.15, -0.1) is 11.3 Å². The Morgan fingerprint density at radius 1 is 1.23 bits per heavy atom. The smallest absolute Gasteiger partial charge is 0.263 e. The fraction of sp³-hybridized carbons (Fsp3) is 0.100. The molecule has 3 rings (SSSR count). The Hall–Kier alpha value is -2.81. The van der Waals surface area contributed by atoms with Crippen LogP contribution >= 0.6 is 22.9 Å². The summed E-state index contributed by atoms with van der Waals surface area (Å²) in [4.78, 5) is 17.3. The molecule has 0 spiro atoms. The number of hydrogen-bond acceptors (Lipinski definition) is 4. The van der Waals surface area contributed by atoms with Crippen LogP contribution in [0.15, 0.2) is 48.5 Å². The molecule has 0 bridgehead atoms. The number of aryl methyl sites for hydroxylation is 1. The molecule has 1 amide bonds. The molecule has 0 aliphatic heterocycles. The number of carbonyl (C=O) groups excluding carboxylic acids is 1. The Morgan fingerprint density at radius 3 is 2.73 bits per heavy atom. The highest BCUT2D eigenvalue weighted by molar-refractivity contribution is 7.14. The van der Waals surface area contributed by atoms with Crippen molar-refractivity contribution in [2.45, 2.75) is 13.5 Å². The molecule has 0 aliphatic rings. The van der Waals surface area contributed by atoms with Gasteiger partial charge in [-0.05, 0) is 54.8 Å². The van der Waals surface area contributed by atoms with Gasteiger partial charge in [0.1, 0.15) is 10.6 Å². The molecule has 3 aromatic rings. The monoisotopic (exact) mass is 382 g/mol. The first-order valence-corrected chi connectivity index (χ1v) is 9.02. The maximum Gasteiger partial charge on any atom is 0.263 e. The molecule has 130 valence electrons. The van der Waals surface area contributed by atoms with Crippen molar-refractivity contribution < 1.29 is 9.90 Å². The molecule has 6 heteroatoms. The van der Waals surface area contributed by atoms with Crippen LogP contribution in [0.3, 0.4) is 0 Å². The third-order valence-electron chi connectivity index (χ3n) is 3.53. The van der Waals surface area contributed by atoms with Crippen LogP contribution in [0, 0.1) is 18.8 Å². The number of nitrogens with zero attached hydrogens (tertiary/aromatic N) is 1. The number of aromatic hydroxyl groups is 1. The van der Waals surface area contributed by atoms with E-state index >= 15 is 0 Å². The van der Waals surface area contributed by atoms with E-state index in [-0.39, 0.29) is 11.7 Å². The molecule has 0 aliphatic carbocycles. The Morgan fingerprint density at radius 2 is 2.00 bits per heavy atom. The summed E-state index contributed by atoms with van der Waals surface area (Å²) in [5.41, 5.74) is 2.34. The number of nitrogens with one attached hydrogen (secondary N) is 1. The average molecular weight is 383 g/mol. The third-order valence-corrected chi connectivity index (χ3v) is 4.83. The zero-order valence-corrected chi connectivity index (χ0v) is 15.5. The van der Waals surface area contributed by atoms with Gasteiger partial charge in [0.05, 0.1) is 5.69 Å². The fourth-order valence-corrected chi connectivity index (χ4v) is 3.29. The zero-order chi connectivity index (χ0) is 18.5. The fourth-order valence-electron chi connectivity index (χ4n) is 2.24. The number of phenolic OH excluding ortho intramolecular Hbond substituents is 1. The van der Waals surface area contributed by atoms with E-state index < -0.39 is 0 Å². The number of aromatic nitrogens is 1. The minimum Gasteiger partial charge on any atom is -0.508 e. The number of hydrogen-bond donors (Lipinski definition) is 2. The van der Waals surface area contributed by atoms with Crippen LogP contribution < -0.4 is 5.32 Å². The van der Waals surface area contributed by atoms with E-state index in [0.717, 1.165) is 11.1 Å². The lowest BCUT2D eigenvalue weighted by molar-refractivity contribution is 0.0954. The summed E-state index contributed by atoms with van der Waals surface area (Å²) in [5.74, 6) is 5.94. The molecule has 2 N–H and O–H groups in total. The van der Waals surface area contributed by atoms with Gasteiger partial charge in [-0.25, -0.2) is 4.98 Å². The molecule has 0 fully saturated rings. The first-order chi connectivity index (χ1) is 12.5. The Bertz CT molecular complexity index is 1000. The SMILES string of the molecule is Cc1nc(C#Cc2ccc(O)cc2)sc1C(=O)NCc1cccc(Cl)c1. The summed E-state index contributed by atoms with van der Waals surface area (Å²) in [5, 5.41) is 13.4. The zero-order valence-electron chi connectivity index (χ0n) is 13.9. The molecular formula is C20H15ClN2O2S. The van der Waals surface area contributed by atoms with Gasteiger partial charge in [-0.3, -0.25) is 4.79 Å². The van der Waals surface area contributed by atoms with Gasteiger partial charge in [0.15, 0.2) is 5.01 Å². The van der Waals surface area contributed by atoms with E-state index in [4.69, 9.17) is 11.6 Å². The van der Waals surface area contributed by atoms with Crippen molar-refractivity contribution in [3.8, 4) is 17.6 Å². The summed E-state index contributed by atoms with van der Waals surface area (Å²) in [6.07, 6.45) is 0. The van der Waals surface area contributed by atoms with Gasteiger partial charge in [0.25, 0.3) is 5.91 Å². The lowest BCUT2D eigenvalue weighted by atomic mass is 10.2. The molecule has 0 saturated carbocycles. The Kier molecular flexibility index (Phi) is 5.57. The summed E-state index contributed by atoms with van der Waals surface area (Å²) in [7, 11) is 0. The van der Waals surface area contributed by atoms with E-state index in [0.29, 0.717) is 27.1 Å². The lowest BCUT2D eigenvalue weighted by Gasteiger charge is -2.04. The normalized spacial score (nSPS) is 10.1. The molecule has 0 unspecified atom stereocenters. The minimum absolute atomic E-state index is 0.183. The van der Waals surface area contributed by atoms with Crippen molar-refractivity contribution in [2.24, 2.45) is 0 Å². The van der Waals surface area contributed by atoms with Crippen LogP contribution in [0.2, 0.25) is 5.02 Å². The topological polar surface area (TPSA) is 62.2 Å². The molecule has 0 radical (unpaired) electrons. The molecule has 0 saturated heterocycles. The van der Waals surface area contributed by atoms with Crippen molar-refractivity contribution in [1.82, 2.24) is 10.3 Å². The molecule has 1 aromatic heterocycles. The van der Waals surface area contributed by atoms with Crippen LogP contribution in [0.4, 0.5) is 0 Å². The first kappa shape index (κ1) is 18.0. The lowest BCUT2D eigenvalue weighted by Crippen LogP contribution is -2.22. The predicted molar refractivity (Wildman–Crippen MR) is 104 cm³/mol. The highest BCUT2D eigenvalue weighted by Crippen LogP contribution is 2.18. The summed E-state index contributed by atoms with van der Waals surface area (Å²) in [6, 6.07) is 14.0. The Balaban J connectivity index is 1.69. The second kappa shape index (κ2) is 8.05. The van der Waals surface area contributed by atoms with Gasteiger partial charge in [-0.2, -0.15) is 0 Å². The molecule has 2 aromatic carbocycles. The minimum atomic E-state index is -0.183. The number of carbonyl (C=O) groups is 1. The first-order valence-electron chi connectivity index (χ1n) is 7.82. The largest absolute Gasteiger partial charge is 0.508 e. The van der Waals surface area contributed by atoms with Crippen LogP contribution in [0.25, 0.3) is 0 Å². The van der Waals surface area contributed by atoms with E-state index in [2.05, 4.69) is 22.1 Å². The highest BCUT2D eigenvalue weighted by atomic mass is 35.5. The van der Waals surface area contributed by atoms with E-state index in [1.165, 1.54) is 11.3 Å². The second-order valence-corrected chi connectivity index (χ2v) is 6.98. The molecule has 26 heavy (non-hydrogen) atoms. The number of amides is 1. The van der Waals surface area contributed by atoms with Crippen LogP contribution in [0.5, 0.6) is 5.75 Å².